The first kappa shape index (κ1) is 13.8. The highest BCUT2D eigenvalue weighted by molar-refractivity contribution is 5.77. The van der Waals surface area contributed by atoms with Crippen LogP contribution in [0.1, 0.15) is 32.1 Å². The second-order valence-corrected chi connectivity index (χ2v) is 5.96. The fourth-order valence-electron chi connectivity index (χ4n) is 2.54. The van der Waals surface area contributed by atoms with Crippen LogP contribution in [-0.2, 0) is 4.79 Å². The number of carbonyl (C=O) groups is 1. The van der Waals surface area contributed by atoms with Gasteiger partial charge in [0, 0.05) is 6.54 Å². The minimum Gasteiger partial charge on any atom is -0.355 e. The monoisotopic (exact) mass is 253 g/mol. The van der Waals surface area contributed by atoms with Crippen molar-refractivity contribution in [2.75, 3.05) is 39.8 Å². The highest BCUT2D eigenvalue weighted by atomic mass is 16.1. The van der Waals surface area contributed by atoms with Gasteiger partial charge in [-0.1, -0.05) is 0 Å². The largest absolute Gasteiger partial charge is 0.355 e. The Kier molecular flexibility index (Phi) is 5.45. The Balaban J connectivity index is 1.45. The van der Waals surface area contributed by atoms with Crippen molar-refractivity contribution in [1.82, 2.24) is 15.5 Å². The van der Waals surface area contributed by atoms with Crippen molar-refractivity contribution >= 4 is 5.91 Å². The summed E-state index contributed by atoms with van der Waals surface area (Å²) in [6.07, 6.45) is 6.39. The number of hydrogen-bond donors (Lipinski definition) is 2. The standard InChI is InChI=1S/C14H27N3O/c1-17-8-5-12(6-9-17)4-7-16-14(18)11-15-10-13-2-3-13/h12-13,15H,2-11H2,1H3,(H,16,18). The van der Waals surface area contributed by atoms with Crippen LogP contribution in [0.15, 0.2) is 0 Å². The molecule has 2 N–H and O–H groups in total. The van der Waals surface area contributed by atoms with E-state index in [0.717, 1.165) is 31.3 Å². The number of nitrogens with zero attached hydrogens (tertiary/aromatic N) is 1. The quantitative estimate of drug-likeness (QED) is 0.706. The summed E-state index contributed by atoms with van der Waals surface area (Å²) in [7, 11) is 2.18. The molecule has 1 saturated heterocycles. The molecule has 104 valence electrons. The fourth-order valence-corrected chi connectivity index (χ4v) is 2.54. The molecule has 2 aliphatic rings. The van der Waals surface area contributed by atoms with E-state index in [1.165, 1.54) is 38.8 Å². The third-order valence-electron chi connectivity index (χ3n) is 4.13. The topological polar surface area (TPSA) is 44.4 Å². The summed E-state index contributed by atoms with van der Waals surface area (Å²) in [6, 6.07) is 0. The van der Waals surface area contributed by atoms with Crippen molar-refractivity contribution in [3.05, 3.63) is 0 Å². The summed E-state index contributed by atoms with van der Waals surface area (Å²) in [5.74, 6) is 1.81. The van der Waals surface area contributed by atoms with E-state index in [2.05, 4.69) is 22.6 Å². The Labute approximate surface area is 110 Å². The van der Waals surface area contributed by atoms with E-state index in [1.807, 2.05) is 0 Å². The fraction of sp³-hybridized carbons (Fsp3) is 0.929. The Morgan fingerprint density at radius 2 is 1.89 bits per heavy atom. The number of carbonyl (C=O) groups excluding carboxylic acids is 1. The highest BCUT2D eigenvalue weighted by Gasteiger charge is 2.20. The van der Waals surface area contributed by atoms with Crippen molar-refractivity contribution in [2.45, 2.75) is 32.1 Å². The molecule has 0 unspecified atom stereocenters. The Morgan fingerprint density at radius 1 is 1.17 bits per heavy atom. The van der Waals surface area contributed by atoms with Gasteiger partial charge in [0.2, 0.25) is 5.91 Å². The molecule has 2 fully saturated rings. The lowest BCUT2D eigenvalue weighted by molar-refractivity contribution is -0.120. The van der Waals surface area contributed by atoms with Gasteiger partial charge in [-0.15, -0.1) is 0 Å². The van der Waals surface area contributed by atoms with Crippen LogP contribution < -0.4 is 10.6 Å². The summed E-state index contributed by atoms with van der Waals surface area (Å²) < 4.78 is 0. The zero-order chi connectivity index (χ0) is 12.8. The number of rotatable bonds is 7. The molecule has 2 rings (SSSR count). The first-order valence-electron chi connectivity index (χ1n) is 7.40. The Morgan fingerprint density at radius 3 is 2.56 bits per heavy atom. The van der Waals surface area contributed by atoms with Gasteiger partial charge in [0.05, 0.1) is 6.54 Å². The smallest absolute Gasteiger partial charge is 0.233 e. The second-order valence-electron chi connectivity index (χ2n) is 5.96. The van der Waals surface area contributed by atoms with Crippen LogP contribution in [-0.4, -0.2) is 50.6 Å². The van der Waals surface area contributed by atoms with Crippen LogP contribution in [0.4, 0.5) is 0 Å². The van der Waals surface area contributed by atoms with Crippen molar-refractivity contribution in [2.24, 2.45) is 11.8 Å². The van der Waals surface area contributed by atoms with Crippen LogP contribution in [0.3, 0.4) is 0 Å². The van der Waals surface area contributed by atoms with Crippen molar-refractivity contribution < 1.29 is 4.79 Å². The van der Waals surface area contributed by atoms with E-state index in [-0.39, 0.29) is 5.91 Å². The summed E-state index contributed by atoms with van der Waals surface area (Å²) in [5, 5.41) is 6.24. The zero-order valence-electron chi connectivity index (χ0n) is 11.6. The molecule has 0 aromatic rings. The lowest BCUT2D eigenvalue weighted by atomic mass is 9.94. The molecule has 18 heavy (non-hydrogen) atoms. The average molecular weight is 253 g/mol. The van der Waals surface area contributed by atoms with Crippen molar-refractivity contribution in [1.29, 1.82) is 0 Å². The molecule has 4 heteroatoms. The summed E-state index contributed by atoms with van der Waals surface area (Å²) in [5.41, 5.74) is 0. The van der Waals surface area contributed by atoms with Crippen LogP contribution in [0.25, 0.3) is 0 Å². The lowest BCUT2D eigenvalue weighted by Crippen LogP contribution is -2.36. The summed E-state index contributed by atoms with van der Waals surface area (Å²) in [4.78, 5) is 13.9. The van der Waals surface area contributed by atoms with Gasteiger partial charge in [0.1, 0.15) is 0 Å². The second kappa shape index (κ2) is 7.10. The molecule has 0 spiro atoms. The maximum absolute atomic E-state index is 11.6. The number of likely N-dealkylation sites (tertiary alicyclic amines) is 1. The molecular weight excluding hydrogens is 226 g/mol. The molecule has 1 aliphatic heterocycles. The molecule has 0 atom stereocenters. The molecule has 4 nitrogen and oxygen atoms in total. The third kappa shape index (κ3) is 5.36. The van der Waals surface area contributed by atoms with Gasteiger partial charge in [0.25, 0.3) is 0 Å². The van der Waals surface area contributed by atoms with E-state index in [9.17, 15) is 4.79 Å². The van der Waals surface area contributed by atoms with Crippen molar-refractivity contribution in [3.63, 3.8) is 0 Å². The van der Waals surface area contributed by atoms with E-state index in [1.54, 1.807) is 0 Å². The summed E-state index contributed by atoms with van der Waals surface area (Å²) >= 11 is 0. The molecule has 1 amide bonds. The van der Waals surface area contributed by atoms with Crippen molar-refractivity contribution in [3.8, 4) is 0 Å². The molecule has 1 saturated carbocycles. The van der Waals surface area contributed by atoms with Crippen LogP contribution >= 0.6 is 0 Å². The van der Waals surface area contributed by atoms with Gasteiger partial charge in [-0.05, 0) is 70.6 Å². The SMILES string of the molecule is CN1CCC(CCNC(=O)CNCC2CC2)CC1. The van der Waals surface area contributed by atoms with E-state index < -0.39 is 0 Å². The molecule has 1 heterocycles. The summed E-state index contributed by atoms with van der Waals surface area (Å²) in [6.45, 7) is 4.77. The molecule has 0 bridgehead atoms. The number of nitrogens with one attached hydrogen (secondary N) is 2. The number of piperidine rings is 1. The predicted molar refractivity (Wildman–Crippen MR) is 73.4 cm³/mol. The minimum atomic E-state index is 0.156. The first-order valence-corrected chi connectivity index (χ1v) is 7.40. The van der Waals surface area contributed by atoms with Crippen LogP contribution in [0.2, 0.25) is 0 Å². The molecule has 0 aromatic carbocycles. The zero-order valence-corrected chi connectivity index (χ0v) is 11.6. The third-order valence-corrected chi connectivity index (χ3v) is 4.13. The maximum Gasteiger partial charge on any atom is 0.233 e. The molecule has 0 aromatic heterocycles. The Bertz CT molecular complexity index is 258. The average Bonchev–Trinajstić information content (AvgIpc) is 3.16. The first-order chi connectivity index (χ1) is 8.74. The van der Waals surface area contributed by atoms with E-state index in [4.69, 9.17) is 0 Å². The molecule has 0 radical (unpaired) electrons. The van der Waals surface area contributed by atoms with E-state index >= 15 is 0 Å². The predicted octanol–water partition coefficient (Wildman–Crippen LogP) is 0.834. The molecular formula is C14H27N3O. The van der Waals surface area contributed by atoms with Gasteiger partial charge < -0.3 is 15.5 Å². The van der Waals surface area contributed by atoms with Gasteiger partial charge in [-0.25, -0.2) is 0 Å². The van der Waals surface area contributed by atoms with Gasteiger partial charge in [-0.2, -0.15) is 0 Å². The highest BCUT2D eigenvalue weighted by Crippen LogP contribution is 2.27. The van der Waals surface area contributed by atoms with Crippen LogP contribution in [0.5, 0.6) is 0 Å². The Hall–Kier alpha value is -0.610. The number of amides is 1. The maximum atomic E-state index is 11.6. The van der Waals surface area contributed by atoms with Gasteiger partial charge in [-0.3, -0.25) is 4.79 Å². The normalized spacial score (nSPS) is 22.1. The molecule has 1 aliphatic carbocycles. The van der Waals surface area contributed by atoms with Gasteiger partial charge in [0.15, 0.2) is 0 Å². The van der Waals surface area contributed by atoms with Crippen LogP contribution in [0, 0.1) is 11.8 Å². The minimum absolute atomic E-state index is 0.156. The lowest BCUT2D eigenvalue weighted by Gasteiger charge is -2.28. The number of hydrogen-bond acceptors (Lipinski definition) is 3. The van der Waals surface area contributed by atoms with E-state index in [0.29, 0.717) is 6.54 Å². The van der Waals surface area contributed by atoms with Gasteiger partial charge >= 0.3 is 0 Å².